The Bertz CT molecular complexity index is 400. The van der Waals surface area contributed by atoms with Crippen molar-refractivity contribution in [3.63, 3.8) is 0 Å². The Kier molecular flexibility index (Phi) is 3.60. The largest absolute Gasteiger partial charge is 0.281 e. The van der Waals surface area contributed by atoms with Gasteiger partial charge >= 0.3 is 0 Å². The molecule has 0 saturated heterocycles. The van der Waals surface area contributed by atoms with E-state index >= 15 is 0 Å². The number of thioether (sulfide) groups is 1. The van der Waals surface area contributed by atoms with E-state index in [0.29, 0.717) is 17.8 Å². The van der Waals surface area contributed by atoms with E-state index in [-0.39, 0.29) is 11.3 Å². The van der Waals surface area contributed by atoms with E-state index in [4.69, 9.17) is 5.26 Å². The summed E-state index contributed by atoms with van der Waals surface area (Å²) >= 11 is 0.687. The maximum absolute atomic E-state index is 13.0. The van der Waals surface area contributed by atoms with Crippen molar-refractivity contribution in [1.29, 1.82) is 5.26 Å². The van der Waals surface area contributed by atoms with Crippen molar-refractivity contribution in [2.75, 3.05) is 5.75 Å². The van der Waals surface area contributed by atoms with E-state index in [1.165, 1.54) is 0 Å². The summed E-state index contributed by atoms with van der Waals surface area (Å²) < 4.78 is 25.4. The van der Waals surface area contributed by atoms with Crippen LogP contribution in [0.5, 0.6) is 0 Å². The summed E-state index contributed by atoms with van der Waals surface area (Å²) in [5.74, 6) is -1.68. The minimum absolute atomic E-state index is 0.0460. The van der Waals surface area contributed by atoms with Gasteiger partial charge in [-0.3, -0.25) is 4.79 Å². The Hall–Kier alpha value is -1.41. The summed E-state index contributed by atoms with van der Waals surface area (Å²) in [5.41, 5.74) is -0.202. The van der Waals surface area contributed by atoms with Crippen LogP contribution in [0.2, 0.25) is 0 Å². The lowest BCUT2D eigenvalue weighted by atomic mass is 10.2. The number of nitriles is 1. The molecule has 2 nitrogen and oxygen atoms in total. The first-order chi connectivity index (χ1) is 6.65. The number of hydrogen-bond donors (Lipinski definition) is 0. The van der Waals surface area contributed by atoms with Crippen LogP contribution in [0.1, 0.15) is 10.4 Å². The van der Waals surface area contributed by atoms with Crippen LogP contribution < -0.4 is 0 Å². The molecule has 0 N–H and O–H groups in total. The number of carbonyl (C=O) groups excluding carboxylic acids is 1. The molecule has 0 saturated carbocycles. The lowest BCUT2D eigenvalue weighted by molar-refractivity contribution is 0.108. The number of carbonyl (C=O) groups is 1. The van der Waals surface area contributed by atoms with E-state index in [1.54, 1.807) is 6.07 Å². The third-order valence-electron chi connectivity index (χ3n) is 1.42. The molecule has 1 aromatic rings. The third kappa shape index (κ3) is 2.54. The van der Waals surface area contributed by atoms with E-state index in [2.05, 4.69) is 0 Å². The number of halogens is 2. The number of rotatable bonds is 2. The molecule has 0 amide bonds. The number of nitrogens with zero attached hydrogens (tertiary/aromatic N) is 1. The maximum Gasteiger partial charge on any atom is 0.223 e. The first kappa shape index (κ1) is 10.7. The highest BCUT2D eigenvalue weighted by atomic mass is 32.2. The first-order valence-electron chi connectivity index (χ1n) is 3.64. The van der Waals surface area contributed by atoms with Gasteiger partial charge in [0, 0.05) is 6.07 Å². The predicted octanol–water partition coefficient (Wildman–Crippen LogP) is 2.36. The summed E-state index contributed by atoms with van der Waals surface area (Å²) in [6, 6.07) is 4.45. The molecule has 0 heterocycles. The van der Waals surface area contributed by atoms with Gasteiger partial charge in [-0.2, -0.15) is 5.26 Å². The minimum atomic E-state index is -0.902. The summed E-state index contributed by atoms with van der Waals surface area (Å²) in [5, 5.41) is 7.63. The average Bonchev–Trinajstić information content (AvgIpc) is 2.14. The van der Waals surface area contributed by atoms with Gasteiger partial charge in [0.2, 0.25) is 5.12 Å². The van der Waals surface area contributed by atoms with E-state index in [1.807, 2.05) is 0 Å². The molecular formula is C9H5F2NOS. The van der Waals surface area contributed by atoms with Crippen LogP contribution in [0.15, 0.2) is 18.2 Å². The smallest absolute Gasteiger partial charge is 0.223 e. The van der Waals surface area contributed by atoms with Crippen molar-refractivity contribution in [1.82, 2.24) is 0 Å². The van der Waals surface area contributed by atoms with Gasteiger partial charge in [0.15, 0.2) is 0 Å². The maximum atomic E-state index is 13.0. The minimum Gasteiger partial charge on any atom is -0.281 e. The highest BCUT2D eigenvalue weighted by Gasteiger charge is 2.12. The quantitative estimate of drug-likeness (QED) is 0.757. The van der Waals surface area contributed by atoms with Crippen molar-refractivity contribution in [3.8, 4) is 6.07 Å². The highest BCUT2D eigenvalue weighted by Crippen LogP contribution is 2.16. The van der Waals surface area contributed by atoms with Gasteiger partial charge in [0.1, 0.15) is 11.6 Å². The molecule has 1 aromatic carbocycles. The molecule has 14 heavy (non-hydrogen) atoms. The highest BCUT2D eigenvalue weighted by molar-refractivity contribution is 8.14. The molecule has 0 spiro atoms. The van der Waals surface area contributed by atoms with Crippen LogP contribution in [0, 0.1) is 23.0 Å². The number of benzene rings is 1. The Morgan fingerprint density at radius 3 is 2.79 bits per heavy atom. The molecule has 0 aliphatic carbocycles. The molecule has 0 radical (unpaired) electrons. The first-order valence-corrected chi connectivity index (χ1v) is 4.63. The Labute approximate surface area is 83.5 Å². The molecule has 5 heteroatoms. The molecule has 0 aromatic heterocycles. The molecule has 0 fully saturated rings. The second-order valence-electron chi connectivity index (χ2n) is 2.36. The molecule has 0 aliphatic rings. The van der Waals surface area contributed by atoms with Gasteiger partial charge < -0.3 is 0 Å². The lowest BCUT2D eigenvalue weighted by Crippen LogP contribution is -1.98. The van der Waals surface area contributed by atoms with Crippen LogP contribution in [0.25, 0.3) is 0 Å². The van der Waals surface area contributed by atoms with Crippen LogP contribution in [-0.4, -0.2) is 10.9 Å². The second-order valence-corrected chi connectivity index (χ2v) is 3.31. The fourth-order valence-corrected chi connectivity index (χ4v) is 1.35. The average molecular weight is 213 g/mol. The summed E-state index contributed by atoms with van der Waals surface area (Å²) in [6.45, 7) is 0. The molecule has 0 atom stereocenters. The van der Waals surface area contributed by atoms with E-state index in [0.717, 1.165) is 12.1 Å². The standard InChI is InChI=1S/C9H5F2NOS/c10-6-1-2-7(8(11)5-6)9(13)14-4-3-12/h1-2,5H,4H2. The van der Waals surface area contributed by atoms with E-state index in [9.17, 15) is 13.6 Å². The van der Waals surface area contributed by atoms with Crippen LogP contribution in [-0.2, 0) is 0 Å². The summed E-state index contributed by atoms with van der Waals surface area (Å²) in [7, 11) is 0. The second kappa shape index (κ2) is 4.72. The van der Waals surface area contributed by atoms with Crippen molar-refractivity contribution >= 4 is 16.9 Å². The molecule has 0 aliphatic heterocycles. The van der Waals surface area contributed by atoms with Crippen molar-refractivity contribution in [2.45, 2.75) is 0 Å². The zero-order chi connectivity index (χ0) is 10.6. The van der Waals surface area contributed by atoms with Gasteiger partial charge in [-0.05, 0) is 12.1 Å². The molecule has 0 unspecified atom stereocenters. The monoisotopic (exact) mass is 213 g/mol. The predicted molar refractivity (Wildman–Crippen MR) is 48.8 cm³/mol. The summed E-state index contributed by atoms with van der Waals surface area (Å²) in [6.07, 6.45) is 0. The van der Waals surface area contributed by atoms with Gasteiger partial charge in [-0.15, -0.1) is 0 Å². The zero-order valence-electron chi connectivity index (χ0n) is 6.96. The van der Waals surface area contributed by atoms with E-state index < -0.39 is 16.7 Å². The van der Waals surface area contributed by atoms with Gasteiger partial charge in [0.25, 0.3) is 0 Å². The van der Waals surface area contributed by atoms with Crippen LogP contribution in [0.4, 0.5) is 8.78 Å². The molecular weight excluding hydrogens is 208 g/mol. The van der Waals surface area contributed by atoms with Crippen molar-refractivity contribution in [2.24, 2.45) is 0 Å². The van der Waals surface area contributed by atoms with Crippen LogP contribution >= 0.6 is 11.8 Å². The fourth-order valence-electron chi connectivity index (χ4n) is 0.831. The lowest BCUT2D eigenvalue weighted by Gasteiger charge is -1.99. The zero-order valence-corrected chi connectivity index (χ0v) is 7.78. The van der Waals surface area contributed by atoms with Crippen molar-refractivity contribution in [3.05, 3.63) is 35.4 Å². The molecule has 1 rings (SSSR count). The third-order valence-corrected chi connectivity index (χ3v) is 2.17. The Morgan fingerprint density at radius 1 is 1.50 bits per heavy atom. The molecule has 0 bridgehead atoms. The number of hydrogen-bond acceptors (Lipinski definition) is 3. The normalized spacial score (nSPS) is 9.50. The van der Waals surface area contributed by atoms with Crippen LogP contribution in [0.3, 0.4) is 0 Å². The molecule has 72 valence electrons. The topological polar surface area (TPSA) is 40.9 Å². The Morgan fingerprint density at radius 2 is 2.21 bits per heavy atom. The van der Waals surface area contributed by atoms with Crippen molar-refractivity contribution < 1.29 is 13.6 Å². The van der Waals surface area contributed by atoms with Gasteiger partial charge in [0.05, 0.1) is 17.4 Å². The van der Waals surface area contributed by atoms with Gasteiger partial charge in [-0.1, -0.05) is 11.8 Å². The SMILES string of the molecule is N#CCSC(=O)c1ccc(F)cc1F. The Balaban J connectivity index is 2.86. The van der Waals surface area contributed by atoms with Gasteiger partial charge in [-0.25, -0.2) is 8.78 Å². The fraction of sp³-hybridized carbons (Fsp3) is 0.111. The summed E-state index contributed by atoms with van der Waals surface area (Å²) in [4.78, 5) is 11.2.